The van der Waals surface area contributed by atoms with Crippen LogP contribution in [0, 0.1) is 0 Å². The van der Waals surface area contributed by atoms with Gasteiger partial charge in [-0.2, -0.15) is 18.3 Å². The van der Waals surface area contributed by atoms with Crippen molar-refractivity contribution >= 4 is 11.8 Å². The third-order valence-electron chi connectivity index (χ3n) is 5.00. The Bertz CT molecular complexity index is 991. The number of benzene rings is 1. The predicted molar refractivity (Wildman–Crippen MR) is 104 cm³/mol. The Kier molecular flexibility index (Phi) is 6.54. The largest absolute Gasteiger partial charge is 0.497 e. The number of anilines is 1. The van der Waals surface area contributed by atoms with E-state index in [1.807, 2.05) is 0 Å². The maximum atomic E-state index is 13.6. The van der Waals surface area contributed by atoms with Crippen LogP contribution in [0.3, 0.4) is 0 Å². The van der Waals surface area contributed by atoms with Gasteiger partial charge in [0.15, 0.2) is 5.82 Å². The Balaban J connectivity index is 2.04. The molecule has 0 saturated carbocycles. The molecule has 1 N–H and O–H groups in total. The fourth-order valence-electron chi connectivity index (χ4n) is 3.52. The molecule has 1 aliphatic heterocycles. The van der Waals surface area contributed by atoms with Crippen LogP contribution in [0.5, 0.6) is 5.75 Å². The second-order valence-electron chi connectivity index (χ2n) is 7.04. The van der Waals surface area contributed by atoms with Gasteiger partial charge in [0.05, 0.1) is 19.8 Å². The van der Waals surface area contributed by atoms with Gasteiger partial charge in [-0.3, -0.25) is 4.79 Å². The molecule has 2 aromatic rings. The van der Waals surface area contributed by atoms with Crippen LogP contribution in [0.15, 0.2) is 35.1 Å². The molecule has 1 aromatic heterocycles. The zero-order chi connectivity index (χ0) is 22.8. The van der Waals surface area contributed by atoms with Gasteiger partial charge in [0.2, 0.25) is 0 Å². The zero-order valence-electron chi connectivity index (χ0n) is 16.9. The lowest BCUT2D eigenvalue weighted by molar-refractivity contribution is -0.139. The highest BCUT2D eigenvalue weighted by molar-refractivity contribution is 5.78. The second-order valence-corrected chi connectivity index (χ2v) is 7.04. The van der Waals surface area contributed by atoms with Crippen molar-refractivity contribution in [3.05, 3.63) is 51.8 Å². The molecule has 2 heterocycles. The van der Waals surface area contributed by atoms with E-state index >= 15 is 0 Å². The molecule has 0 aliphatic carbocycles. The van der Waals surface area contributed by atoms with Gasteiger partial charge < -0.3 is 19.5 Å². The SMILES string of the molecule is CCO[C@@H]1C[C@@H](C(=O)O)N(c2cc(C(F)(F)F)c(=O)n(Cc3ccc(OC)cc3)n2)C1. The summed E-state index contributed by atoms with van der Waals surface area (Å²) in [6.07, 6.45) is -5.29. The third-order valence-corrected chi connectivity index (χ3v) is 5.00. The fraction of sp³-hybridized carbons (Fsp3) is 0.450. The van der Waals surface area contributed by atoms with Crippen molar-refractivity contribution < 1.29 is 32.5 Å². The van der Waals surface area contributed by atoms with Gasteiger partial charge in [0, 0.05) is 25.6 Å². The number of carboxylic acid groups (broad SMARTS) is 1. The standard InChI is InChI=1S/C20H22F3N3O5/c1-3-31-14-8-16(19(28)29)25(11-14)17-9-15(20(21,22)23)18(27)26(24-17)10-12-4-6-13(30-2)7-5-12/h4-7,9,14,16H,3,8,10-11H2,1-2H3,(H,28,29)/t14-,16+/m1/s1. The number of carbonyl (C=O) groups is 1. The van der Waals surface area contributed by atoms with Gasteiger partial charge in [0.1, 0.15) is 17.4 Å². The number of carboxylic acids is 1. The van der Waals surface area contributed by atoms with Crippen molar-refractivity contribution in [3.8, 4) is 5.75 Å². The lowest BCUT2D eigenvalue weighted by Gasteiger charge is -2.24. The summed E-state index contributed by atoms with van der Waals surface area (Å²) in [4.78, 5) is 25.4. The Morgan fingerprint density at radius 3 is 2.52 bits per heavy atom. The van der Waals surface area contributed by atoms with Gasteiger partial charge >= 0.3 is 12.1 Å². The van der Waals surface area contributed by atoms with Crippen molar-refractivity contribution in [2.75, 3.05) is 25.2 Å². The highest BCUT2D eigenvalue weighted by atomic mass is 19.4. The summed E-state index contributed by atoms with van der Waals surface area (Å²) in [7, 11) is 1.48. The molecule has 0 bridgehead atoms. The molecular formula is C20H22F3N3O5. The molecule has 11 heteroatoms. The normalized spacial score (nSPS) is 18.9. The van der Waals surface area contributed by atoms with Crippen LogP contribution in [-0.4, -0.2) is 53.3 Å². The van der Waals surface area contributed by atoms with Crippen molar-refractivity contribution in [1.29, 1.82) is 0 Å². The van der Waals surface area contributed by atoms with Crippen molar-refractivity contribution in [1.82, 2.24) is 9.78 Å². The third kappa shape index (κ3) is 4.98. The van der Waals surface area contributed by atoms with Crippen LogP contribution in [0.2, 0.25) is 0 Å². The number of methoxy groups -OCH3 is 1. The molecule has 1 aromatic carbocycles. The van der Waals surface area contributed by atoms with E-state index < -0.39 is 35.4 Å². The molecule has 1 aliphatic rings. The number of aromatic nitrogens is 2. The maximum absolute atomic E-state index is 13.6. The first-order valence-electron chi connectivity index (χ1n) is 9.57. The number of nitrogens with zero attached hydrogens (tertiary/aromatic N) is 3. The first kappa shape index (κ1) is 22.6. The van der Waals surface area contributed by atoms with E-state index in [0.717, 1.165) is 0 Å². The number of ether oxygens (including phenoxy) is 2. The lowest BCUT2D eigenvalue weighted by Crippen LogP contribution is -2.39. The van der Waals surface area contributed by atoms with Crippen LogP contribution in [0.25, 0.3) is 0 Å². The maximum Gasteiger partial charge on any atom is 0.421 e. The van der Waals surface area contributed by atoms with Gasteiger partial charge in [-0.1, -0.05) is 12.1 Å². The molecule has 1 saturated heterocycles. The number of aliphatic carboxylic acids is 1. The molecule has 31 heavy (non-hydrogen) atoms. The summed E-state index contributed by atoms with van der Waals surface area (Å²) < 4.78 is 51.9. The van der Waals surface area contributed by atoms with Crippen molar-refractivity contribution in [2.24, 2.45) is 0 Å². The number of halogens is 3. The molecule has 8 nitrogen and oxygen atoms in total. The summed E-state index contributed by atoms with van der Waals surface area (Å²) >= 11 is 0. The summed E-state index contributed by atoms with van der Waals surface area (Å²) in [6, 6.07) is 5.93. The number of rotatable bonds is 7. The highest BCUT2D eigenvalue weighted by Crippen LogP contribution is 2.31. The predicted octanol–water partition coefficient (Wildman–Crippen LogP) is 2.39. The molecule has 1 fully saturated rings. The quantitative estimate of drug-likeness (QED) is 0.705. The monoisotopic (exact) mass is 441 g/mol. The molecule has 168 valence electrons. The van der Waals surface area contributed by atoms with E-state index in [1.165, 1.54) is 12.0 Å². The van der Waals surface area contributed by atoms with Gasteiger partial charge in [-0.25, -0.2) is 9.48 Å². The minimum Gasteiger partial charge on any atom is -0.497 e. The summed E-state index contributed by atoms with van der Waals surface area (Å²) in [5, 5.41) is 13.6. The van der Waals surface area contributed by atoms with Crippen LogP contribution in [0.1, 0.15) is 24.5 Å². The van der Waals surface area contributed by atoms with Crippen molar-refractivity contribution in [2.45, 2.75) is 38.2 Å². The van der Waals surface area contributed by atoms with E-state index in [0.29, 0.717) is 28.7 Å². The fourth-order valence-corrected chi connectivity index (χ4v) is 3.52. The highest BCUT2D eigenvalue weighted by Gasteiger charge is 2.41. The second kappa shape index (κ2) is 8.96. The Morgan fingerprint density at radius 2 is 1.97 bits per heavy atom. The summed E-state index contributed by atoms with van der Waals surface area (Å²) in [5.74, 6) is -0.891. The van der Waals surface area contributed by atoms with Crippen molar-refractivity contribution in [3.63, 3.8) is 0 Å². The molecule has 0 radical (unpaired) electrons. The lowest BCUT2D eigenvalue weighted by atomic mass is 10.2. The first-order chi connectivity index (χ1) is 14.6. The molecule has 0 spiro atoms. The summed E-state index contributed by atoms with van der Waals surface area (Å²) in [5.41, 5.74) is -2.18. The van der Waals surface area contributed by atoms with Crippen LogP contribution >= 0.6 is 0 Å². The molecule has 2 atom stereocenters. The van der Waals surface area contributed by atoms with Gasteiger partial charge in [-0.05, 0) is 24.6 Å². The van der Waals surface area contributed by atoms with E-state index in [9.17, 15) is 27.9 Å². The average Bonchev–Trinajstić information content (AvgIpc) is 3.14. The zero-order valence-corrected chi connectivity index (χ0v) is 16.9. The average molecular weight is 441 g/mol. The molecular weight excluding hydrogens is 419 g/mol. The van der Waals surface area contributed by atoms with E-state index in [4.69, 9.17) is 9.47 Å². The van der Waals surface area contributed by atoms with Gasteiger partial charge in [-0.15, -0.1) is 0 Å². The molecule has 3 rings (SSSR count). The number of hydrogen-bond acceptors (Lipinski definition) is 6. The van der Waals surface area contributed by atoms with Crippen LogP contribution in [-0.2, 0) is 22.3 Å². The van der Waals surface area contributed by atoms with E-state index in [1.54, 1.807) is 31.2 Å². The summed E-state index contributed by atoms with van der Waals surface area (Å²) in [6.45, 7) is 1.91. The smallest absolute Gasteiger partial charge is 0.421 e. The van der Waals surface area contributed by atoms with E-state index in [-0.39, 0.29) is 25.3 Å². The van der Waals surface area contributed by atoms with Gasteiger partial charge in [0.25, 0.3) is 5.56 Å². The topological polar surface area (TPSA) is 93.9 Å². The minimum atomic E-state index is -4.92. The Hall–Kier alpha value is -3.08. The molecule has 0 unspecified atom stereocenters. The molecule has 0 amide bonds. The minimum absolute atomic E-state index is 0.0514. The first-order valence-corrected chi connectivity index (χ1v) is 9.57. The van der Waals surface area contributed by atoms with Crippen LogP contribution < -0.4 is 15.2 Å². The van der Waals surface area contributed by atoms with Crippen LogP contribution in [0.4, 0.5) is 19.0 Å². The number of hydrogen-bond donors (Lipinski definition) is 1. The Morgan fingerprint density at radius 1 is 1.29 bits per heavy atom. The number of alkyl halides is 3. The Labute approximate surface area is 175 Å². The van der Waals surface area contributed by atoms with E-state index in [2.05, 4.69) is 5.10 Å².